The number of allylic oxidation sites excluding steroid dienone is 5. The summed E-state index contributed by atoms with van der Waals surface area (Å²) >= 11 is 0. The summed E-state index contributed by atoms with van der Waals surface area (Å²) in [5.41, 5.74) is 4.05. The number of carbonyl (C=O) groups excluding carboxylic acids is 1. The van der Waals surface area contributed by atoms with E-state index in [0.717, 1.165) is 5.57 Å². The summed E-state index contributed by atoms with van der Waals surface area (Å²) in [6.45, 7) is 11.0. The third-order valence-electron chi connectivity index (χ3n) is 3.69. The van der Waals surface area contributed by atoms with Crippen molar-refractivity contribution in [2.75, 3.05) is 6.61 Å². The van der Waals surface area contributed by atoms with Crippen molar-refractivity contribution in [1.29, 1.82) is 0 Å². The van der Waals surface area contributed by atoms with Crippen molar-refractivity contribution in [1.82, 2.24) is 0 Å². The van der Waals surface area contributed by atoms with Crippen LogP contribution in [0.1, 0.15) is 53.9 Å². The topological polar surface area (TPSA) is 26.3 Å². The van der Waals surface area contributed by atoms with Gasteiger partial charge in [-0.15, -0.1) is 0 Å². The Labute approximate surface area is 117 Å². The molecule has 106 valence electrons. The Morgan fingerprint density at radius 2 is 2.11 bits per heavy atom. The molecule has 0 saturated heterocycles. The van der Waals surface area contributed by atoms with Gasteiger partial charge in [-0.05, 0) is 56.6 Å². The molecule has 0 aliphatic heterocycles. The quantitative estimate of drug-likeness (QED) is 0.421. The molecule has 0 heterocycles. The maximum absolute atomic E-state index is 11.4. The van der Waals surface area contributed by atoms with Crippen LogP contribution in [0.3, 0.4) is 0 Å². The van der Waals surface area contributed by atoms with Crippen LogP contribution in [-0.2, 0) is 9.53 Å². The van der Waals surface area contributed by atoms with Gasteiger partial charge in [0.25, 0.3) is 0 Å². The van der Waals surface area contributed by atoms with Crippen molar-refractivity contribution in [3.8, 4) is 0 Å². The van der Waals surface area contributed by atoms with Gasteiger partial charge in [-0.3, -0.25) is 0 Å². The third-order valence-corrected chi connectivity index (χ3v) is 3.69. The van der Waals surface area contributed by atoms with Gasteiger partial charge in [0, 0.05) is 6.08 Å². The van der Waals surface area contributed by atoms with E-state index in [0.29, 0.717) is 6.61 Å². The molecule has 0 aromatic carbocycles. The zero-order valence-corrected chi connectivity index (χ0v) is 12.9. The molecule has 0 N–H and O–H groups in total. The number of hydrogen-bond donors (Lipinski definition) is 0. The van der Waals surface area contributed by atoms with Crippen LogP contribution in [-0.4, -0.2) is 12.6 Å². The highest BCUT2D eigenvalue weighted by molar-refractivity contribution is 5.83. The first kappa shape index (κ1) is 15.7. The zero-order valence-electron chi connectivity index (χ0n) is 12.9. The largest absolute Gasteiger partial charge is 0.463 e. The standard InChI is InChI=1S/C17H26O2/c1-6-19-16(18)12-13(2)9-10-15-14(3)8-7-11-17(15,4)5/h9-10,12H,6-8,11H2,1-5H3. The van der Waals surface area contributed by atoms with E-state index in [1.165, 1.54) is 30.4 Å². The Kier molecular flexibility index (Phi) is 5.59. The molecule has 0 amide bonds. The second kappa shape index (κ2) is 6.74. The van der Waals surface area contributed by atoms with Gasteiger partial charge in [-0.25, -0.2) is 4.79 Å². The SMILES string of the molecule is CCOC(=O)C=C(C)C=CC1=C(C)CCCC1(C)C. The highest BCUT2D eigenvalue weighted by atomic mass is 16.5. The lowest BCUT2D eigenvalue weighted by atomic mass is 9.72. The lowest BCUT2D eigenvalue weighted by Crippen LogP contribution is -2.19. The Morgan fingerprint density at radius 3 is 2.68 bits per heavy atom. The first-order valence-electron chi connectivity index (χ1n) is 7.10. The van der Waals surface area contributed by atoms with Gasteiger partial charge in [-0.2, -0.15) is 0 Å². The lowest BCUT2D eigenvalue weighted by molar-refractivity contribution is -0.137. The molecule has 0 bridgehead atoms. The van der Waals surface area contributed by atoms with E-state index < -0.39 is 0 Å². The van der Waals surface area contributed by atoms with Gasteiger partial charge in [-0.1, -0.05) is 31.6 Å². The number of carbonyl (C=O) groups is 1. The van der Waals surface area contributed by atoms with E-state index in [1.54, 1.807) is 6.08 Å². The van der Waals surface area contributed by atoms with E-state index in [9.17, 15) is 4.79 Å². The number of hydrogen-bond acceptors (Lipinski definition) is 2. The summed E-state index contributed by atoms with van der Waals surface area (Å²) in [6, 6.07) is 0. The molecule has 1 aliphatic rings. The molecule has 1 rings (SSSR count). The minimum Gasteiger partial charge on any atom is -0.463 e. The van der Waals surface area contributed by atoms with E-state index in [-0.39, 0.29) is 11.4 Å². The first-order chi connectivity index (χ1) is 8.86. The van der Waals surface area contributed by atoms with Gasteiger partial charge in [0.05, 0.1) is 6.61 Å². The van der Waals surface area contributed by atoms with Crippen molar-refractivity contribution < 1.29 is 9.53 Å². The third kappa shape index (κ3) is 4.70. The molecule has 19 heavy (non-hydrogen) atoms. The Hall–Kier alpha value is -1.31. The average molecular weight is 262 g/mol. The van der Waals surface area contributed by atoms with Crippen LogP contribution in [0.2, 0.25) is 0 Å². The lowest BCUT2D eigenvalue weighted by Gasteiger charge is -2.32. The molecule has 0 aromatic heterocycles. The van der Waals surface area contributed by atoms with Crippen LogP contribution < -0.4 is 0 Å². The Morgan fingerprint density at radius 1 is 1.42 bits per heavy atom. The molecule has 0 aromatic rings. The average Bonchev–Trinajstić information content (AvgIpc) is 2.27. The summed E-state index contributed by atoms with van der Waals surface area (Å²) in [6.07, 6.45) is 9.41. The van der Waals surface area contributed by atoms with Crippen molar-refractivity contribution in [3.63, 3.8) is 0 Å². The van der Waals surface area contributed by atoms with Crippen LogP contribution >= 0.6 is 0 Å². The van der Waals surface area contributed by atoms with Crippen molar-refractivity contribution >= 4 is 5.97 Å². The molecule has 0 radical (unpaired) electrons. The second-order valence-corrected chi connectivity index (χ2v) is 5.91. The van der Waals surface area contributed by atoms with Gasteiger partial charge in [0.1, 0.15) is 0 Å². The fourth-order valence-electron chi connectivity index (χ4n) is 2.64. The summed E-state index contributed by atoms with van der Waals surface area (Å²) in [5, 5.41) is 0. The van der Waals surface area contributed by atoms with Crippen molar-refractivity contribution in [2.45, 2.75) is 53.9 Å². The number of esters is 1. The summed E-state index contributed by atoms with van der Waals surface area (Å²) in [7, 11) is 0. The predicted molar refractivity (Wildman–Crippen MR) is 79.9 cm³/mol. The molecular weight excluding hydrogens is 236 g/mol. The molecule has 0 unspecified atom stereocenters. The van der Waals surface area contributed by atoms with Gasteiger partial charge < -0.3 is 4.74 Å². The molecule has 1 aliphatic carbocycles. The van der Waals surface area contributed by atoms with Crippen molar-refractivity contribution in [3.05, 3.63) is 34.9 Å². The first-order valence-corrected chi connectivity index (χ1v) is 7.10. The molecule has 0 spiro atoms. The smallest absolute Gasteiger partial charge is 0.330 e. The van der Waals surface area contributed by atoms with Gasteiger partial charge in [0.15, 0.2) is 0 Å². The highest BCUT2D eigenvalue weighted by Gasteiger charge is 2.26. The van der Waals surface area contributed by atoms with E-state index >= 15 is 0 Å². The highest BCUT2D eigenvalue weighted by Crippen LogP contribution is 2.40. The number of ether oxygens (including phenoxy) is 1. The summed E-state index contributed by atoms with van der Waals surface area (Å²) in [5.74, 6) is -0.266. The molecular formula is C17H26O2. The molecule has 2 nitrogen and oxygen atoms in total. The minimum absolute atomic E-state index is 0.239. The van der Waals surface area contributed by atoms with Crippen LogP contribution in [0.25, 0.3) is 0 Å². The monoisotopic (exact) mass is 262 g/mol. The Bertz CT molecular complexity index is 423. The molecule has 2 heteroatoms. The van der Waals surface area contributed by atoms with Crippen molar-refractivity contribution in [2.24, 2.45) is 5.41 Å². The molecule has 0 saturated carbocycles. The van der Waals surface area contributed by atoms with E-state index in [1.807, 2.05) is 19.9 Å². The van der Waals surface area contributed by atoms with Crippen LogP contribution in [0.15, 0.2) is 34.9 Å². The fraction of sp³-hybridized carbons (Fsp3) is 0.588. The van der Waals surface area contributed by atoms with Crippen LogP contribution in [0.4, 0.5) is 0 Å². The second-order valence-electron chi connectivity index (χ2n) is 5.91. The Balaban J connectivity index is 2.83. The maximum Gasteiger partial charge on any atom is 0.330 e. The summed E-state index contributed by atoms with van der Waals surface area (Å²) in [4.78, 5) is 11.4. The summed E-state index contributed by atoms with van der Waals surface area (Å²) < 4.78 is 4.91. The predicted octanol–water partition coefficient (Wildman–Crippen LogP) is 4.58. The van der Waals surface area contributed by atoms with E-state index in [2.05, 4.69) is 26.8 Å². The maximum atomic E-state index is 11.4. The normalized spacial score (nSPS) is 19.9. The van der Waals surface area contributed by atoms with Gasteiger partial charge in [0.2, 0.25) is 0 Å². The minimum atomic E-state index is -0.266. The van der Waals surface area contributed by atoms with Gasteiger partial charge >= 0.3 is 5.97 Å². The zero-order chi connectivity index (χ0) is 14.5. The van der Waals surface area contributed by atoms with Crippen LogP contribution in [0, 0.1) is 5.41 Å². The van der Waals surface area contributed by atoms with E-state index in [4.69, 9.17) is 4.74 Å². The van der Waals surface area contributed by atoms with Crippen LogP contribution in [0.5, 0.6) is 0 Å². The molecule has 0 fully saturated rings. The fourth-order valence-corrected chi connectivity index (χ4v) is 2.64. The molecule has 0 atom stereocenters. The number of rotatable bonds is 4.